The van der Waals surface area contributed by atoms with Gasteiger partial charge in [-0.1, -0.05) is 31.4 Å². The zero-order valence-corrected chi connectivity index (χ0v) is 11.1. The molecule has 2 atom stereocenters. The van der Waals surface area contributed by atoms with Gasteiger partial charge in [0.05, 0.1) is 4.92 Å². The Hall–Kier alpha value is -1.29. The molecule has 0 bridgehead atoms. The number of hydrogen-bond acceptors (Lipinski definition) is 3. The maximum Gasteiger partial charge on any atom is 0.288 e. The van der Waals surface area contributed by atoms with Crippen molar-refractivity contribution in [3.05, 3.63) is 33.3 Å². The SMILES string of the molecule is CCC1CCCC1Nc1ccc([N+](=O)[O-])c(Cl)c1. The fourth-order valence-corrected chi connectivity index (χ4v) is 2.92. The lowest BCUT2D eigenvalue weighted by Crippen LogP contribution is -2.23. The molecule has 1 saturated carbocycles. The van der Waals surface area contributed by atoms with Gasteiger partial charge in [0.15, 0.2) is 0 Å². The van der Waals surface area contributed by atoms with E-state index in [9.17, 15) is 10.1 Å². The van der Waals surface area contributed by atoms with Crippen LogP contribution in [0.3, 0.4) is 0 Å². The van der Waals surface area contributed by atoms with Crippen molar-refractivity contribution in [3.8, 4) is 0 Å². The molecule has 0 heterocycles. The number of nitrogens with one attached hydrogen (secondary N) is 1. The van der Waals surface area contributed by atoms with E-state index < -0.39 is 4.92 Å². The number of anilines is 1. The Morgan fingerprint density at radius 1 is 1.50 bits per heavy atom. The van der Waals surface area contributed by atoms with Gasteiger partial charge >= 0.3 is 0 Å². The first-order valence-electron chi connectivity index (χ1n) is 6.32. The third-order valence-corrected chi connectivity index (χ3v) is 3.98. The summed E-state index contributed by atoms with van der Waals surface area (Å²) in [7, 11) is 0. The number of nitro groups is 1. The van der Waals surface area contributed by atoms with E-state index in [1.807, 2.05) is 0 Å². The third-order valence-electron chi connectivity index (χ3n) is 3.68. The molecule has 4 nitrogen and oxygen atoms in total. The standard InChI is InChI=1S/C13H17ClN2O2/c1-2-9-4-3-5-12(9)15-10-6-7-13(16(17)18)11(14)8-10/h6-9,12,15H,2-5H2,1H3. The van der Waals surface area contributed by atoms with E-state index in [-0.39, 0.29) is 10.7 Å². The van der Waals surface area contributed by atoms with Gasteiger partial charge in [-0.3, -0.25) is 10.1 Å². The summed E-state index contributed by atoms with van der Waals surface area (Å²) in [5, 5.41) is 14.3. The van der Waals surface area contributed by atoms with E-state index in [1.54, 1.807) is 12.1 Å². The molecule has 1 aromatic rings. The maximum atomic E-state index is 10.7. The van der Waals surface area contributed by atoms with Crippen molar-refractivity contribution >= 4 is 23.0 Å². The van der Waals surface area contributed by atoms with Crippen molar-refractivity contribution < 1.29 is 4.92 Å². The van der Waals surface area contributed by atoms with Crippen LogP contribution >= 0.6 is 11.6 Å². The lowest BCUT2D eigenvalue weighted by atomic mass is 10.0. The topological polar surface area (TPSA) is 55.2 Å². The van der Waals surface area contributed by atoms with Crippen molar-refractivity contribution in [2.45, 2.75) is 38.6 Å². The highest BCUT2D eigenvalue weighted by molar-refractivity contribution is 6.32. The van der Waals surface area contributed by atoms with Crippen LogP contribution in [0.5, 0.6) is 0 Å². The fraction of sp³-hybridized carbons (Fsp3) is 0.538. The van der Waals surface area contributed by atoms with E-state index in [0.29, 0.717) is 12.0 Å². The van der Waals surface area contributed by atoms with Crippen LogP contribution in [0.25, 0.3) is 0 Å². The summed E-state index contributed by atoms with van der Waals surface area (Å²) in [6.45, 7) is 2.20. The zero-order chi connectivity index (χ0) is 13.1. The number of nitrogens with zero attached hydrogens (tertiary/aromatic N) is 1. The smallest absolute Gasteiger partial charge is 0.288 e. The van der Waals surface area contributed by atoms with Gasteiger partial charge in [0, 0.05) is 17.8 Å². The minimum absolute atomic E-state index is 0.0410. The normalized spacial score (nSPS) is 23.0. The number of rotatable bonds is 4. The quantitative estimate of drug-likeness (QED) is 0.656. The predicted octanol–water partition coefficient (Wildman–Crippen LogP) is 4.24. The molecule has 0 radical (unpaired) electrons. The van der Waals surface area contributed by atoms with Crippen LogP contribution in [0, 0.1) is 16.0 Å². The summed E-state index contributed by atoms with van der Waals surface area (Å²) >= 11 is 5.90. The first-order valence-corrected chi connectivity index (χ1v) is 6.70. The highest BCUT2D eigenvalue weighted by Crippen LogP contribution is 2.33. The zero-order valence-electron chi connectivity index (χ0n) is 10.4. The van der Waals surface area contributed by atoms with Crippen molar-refractivity contribution in [2.75, 3.05) is 5.32 Å². The molecule has 2 rings (SSSR count). The number of nitro benzene ring substituents is 1. The predicted molar refractivity (Wildman–Crippen MR) is 73.1 cm³/mol. The average Bonchev–Trinajstić information content (AvgIpc) is 2.76. The summed E-state index contributed by atoms with van der Waals surface area (Å²) < 4.78 is 0. The molecule has 0 spiro atoms. The molecule has 0 aromatic heterocycles. The molecular formula is C13H17ClN2O2. The molecule has 1 aliphatic rings. The second-order valence-electron chi connectivity index (χ2n) is 4.77. The van der Waals surface area contributed by atoms with Gasteiger partial charge in [-0.25, -0.2) is 0 Å². The Morgan fingerprint density at radius 2 is 2.28 bits per heavy atom. The van der Waals surface area contributed by atoms with Crippen molar-refractivity contribution in [2.24, 2.45) is 5.92 Å². The monoisotopic (exact) mass is 268 g/mol. The van der Waals surface area contributed by atoms with Crippen molar-refractivity contribution in [3.63, 3.8) is 0 Å². The molecule has 1 fully saturated rings. The van der Waals surface area contributed by atoms with E-state index in [2.05, 4.69) is 12.2 Å². The molecule has 2 unspecified atom stereocenters. The van der Waals surface area contributed by atoms with Gasteiger partial charge in [-0.05, 0) is 30.9 Å². The first-order chi connectivity index (χ1) is 8.61. The van der Waals surface area contributed by atoms with Gasteiger partial charge < -0.3 is 5.32 Å². The van der Waals surface area contributed by atoms with E-state index in [0.717, 1.165) is 12.1 Å². The second-order valence-corrected chi connectivity index (χ2v) is 5.18. The van der Waals surface area contributed by atoms with E-state index in [1.165, 1.54) is 25.3 Å². The molecule has 0 saturated heterocycles. The average molecular weight is 269 g/mol. The molecule has 1 aliphatic carbocycles. The molecule has 98 valence electrons. The number of benzene rings is 1. The third kappa shape index (κ3) is 2.75. The van der Waals surface area contributed by atoms with Crippen LogP contribution in [-0.2, 0) is 0 Å². The van der Waals surface area contributed by atoms with Gasteiger partial charge in [-0.15, -0.1) is 0 Å². The van der Waals surface area contributed by atoms with Crippen molar-refractivity contribution in [1.29, 1.82) is 0 Å². The molecule has 1 aromatic carbocycles. The summed E-state index contributed by atoms with van der Waals surface area (Å²) in [5.74, 6) is 0.693. The molecule has 0 amide bonds. The maximum absolute atomic E-state index is 10.7. The summed E-state index contributed by atoms with van der Waals surface area (Å²) in [4.78, 5) is 10.2. The Morgan fingerprint density at radius 3 is 2.89 bits per heavy atom. The molecule has 18 heavy (non-hydrogen) atoms. The van der Waals surface area contributed by atoms with Gasteiger partial charge in [0.2, 0.25) is 0 Å². The molecule has 0 aliphatic heterocycles. The second kappa shape index (κ2) is 5.57. The van der Waals surface area contributed by atoms with Gasteiger partial charge in [-0.2, -0.15) is 0 Å². The largest absolute Gasteiger partial charge is 0.382 e. The Bertz CT molecular complexity index is 451. The van der Waals surface area contributed by atoms with E-state index >= 15 is 0 Å². The van der Waals surface area contributed by atoms with Crippen LogP contribution in [-0.4, -0.2) is 11.0 Å². The van der Waals surface area contributed by atoms with E-state index in [4.69, 9.17) is 11.6 Å². The minimum Gasteiger partial charge on any atom is -0.382 e. The van der Waals surface area contributed by atoms with Crippen LogP contribution in [0.2, 0.25) is 5.02 Å². The van der Waals surface area contributed by atoms with Gasteiger partial charge in [0.1, 0.15) is 5.02 Å². The highest BCUT2D eigenvalue weighted by atomic mass is 35.5. The van der Waals surface area contributed by atoms with Crippen LogP contribution in [0.1, 0.15) is 32.6 Å². The number of hydrogen-bond donors (Lipinski definition) is 1. The molecule has 1 N–H and O–H groups in total. The lowest BCUT2D eigenvalue weighted by molar-refractivity contribution is -0.384. The first kappa shape index (κ1) is 13.1. The summed E-state index contributed by atoms with van der Waals surface area (Å²) in [5.41, 5.74) is 0.830. The van der Waals surface area contributed by atoms with Crippen LogP contribution in [0.4, 0.5) is 11.4 Å². The minimum atomic E-state index is -0.462. The van der Waals surface area contributed by atoms with Gasteiger partial charge in [0.25, 0.3) is 5.69 Å². The van der Waals surface area contributed by atoms with Crippen molar-refractivity contribution in [1.82, 2.24) is 0 Å². The Balaban J connectivity index is 2.10. The summed E-state index contributed by atoms with van der Waals surface area (Å²) in [6.07, 6.45) is 4.83. The molecular weight excluding hydrogens is 252 g/mol. The highest BCUT2D eigenvalue weighted by Gasteiger charge is 2.25. The Labute approximate surface area is 111 Å². The summed E-state index contributed by atoms with van der Waals surface area (Å²) in [6, 6.07) is 5.30. The molecule has 5 heteroatoms. The Kier molecular flexibility index (Phi) is 4.07. The fourth-order valence-electron chi connectivity index (χ4n) is 2.67. The van der Waals surface area contributed by atoms with Crippen LogP contribution in [0.15, 0.2) is 18.2 Å². The lowest BCUT2D eigenvalue weighted by Gasteiger charge is -2.20. The number of halogens is 1. The van der Waals surface area contributed by atoms with Crippen LogP contribution < -0.4 is 5.32 Å².